The summed E-state index contributed by atoms with van der Waals surface area (Å²) in [6.45, 7) is 3.34. The molecule has 1 heterocycles. The number of benzene rings is 2. The number of sulfone groups is 1. The molecule has 0 saturated carbocycles. The van der Waals surface area contributed by atoms with Crippen LogP contribution in [0.4, 0.5) is 0 Å². The number of furan rings is 1. The van der Waals surface area contributed by atoms with Crippen LogP contribution < -0.4 is 0 Å². The lowest BCUT2D eigenvalue weighted by atomic mass is 10.0. The number of rotatable bonds is 7. The summed E-state index contributed by atoms with van der Waals surface area (Å²) in [5.74, 6) is 0.784. The number of hydrogen-bond acceptors (Lipinski definition) is 4. The van der Waals surface area contributed by atoms with Gasteiger partial charge in [0.25, 0.3) is 0 Å². The summed E-state index contributed by atoms with van der Waals surface area (Å²) in [7, 11) is -3.15. The number of Topliss-reactive ketones (excluding diaryl/α,β-unsaturated/α-hetero) is 1. The largest absolute Gasteiger partial charge is 0.464 e. The van der Waals surface area contributed by atoms with Crippen molar-refractivity contribution >= 4 is 15.6 Å². The molecule has 0 radical (unpaired) electrons. The molecule has 0 fully saturated rings. The zero-order chi connectivity index (χ0) is 19.4. The van der Waals surface area contributed by atoms with E-state index >= 15 is 0 Å². The first-order valence-corrected chi connectivity index (χ1v) is 10.5. The van der Waals surface area contributed by atoms with Crippen LogP contribution in [0.15, 0.2) is 71.3 Å². The molecule has 5 heteroatoms. The van der Waals surface area contributed by atoms with Crippen LogP contribution in [0, 0.1) is 0 Å². The van der Waals surface area contributed by atoms with E-state index in [2.05, 4.69) is 0 Å². The minimum atomic E-state index is -3.15. The van der Waals surface area contributed by atoms with Gasteiger partial charge in [0, 0.05) is 17.5 Å². The lowest BCUT2D eigenvalue weighted by molar-refractivity contribution is 0.0993. The Hall–Kier alpha value is -2.66. The predicted molar refractivity (Wildman–Crippen MR) is 106 cm³/mol. The lowest BCUT2D eigenvalue weighted by Crippen LogP contribution is -2.16. The van der Waals surface area contributed by atoms with E-state index in [9.17, 15) is 13.2 Å². The second-order valence-corrected chi connectivity index (χ2v) is 9.38. The quantitative estimate of drug-likeness (QED) is 0.556. The van der Waals surface area contributed by atoms with Gasteiger partial charge >= 0.3 is 0 Å². The van der Waals surface area contributed by atoms with Crippen molar-refractivity contribution in [2.24, 2.45) is 0 Å². The van der Waals surface area contributed by atoms with E-state index in [1.165, 1.54) is 0 Å². The Morgan fingerprint density at radius 3 is 2.11 bits per heavy atom. The Balaban J connectivity index is 1.66. The van der Waals surface area contributed by atoms with Crippen molar-refractivity contribution in [3.05, 3.63) is 83.6 Å². The van der Waals surface area contributed by atoms with Gasteiger partial charge in [-0.2, -0.15) is 0 Å². The van der Waals surface area contributed by atoms with Crippen LogP contribution in [-0.2, 0) is 22.0 Å². The smallest absolute Gasteiger partial charge is 0.167 e. The van der Waals surface area contributed by atoms with E-state index in [0.29, 0.717) is 17.5 Å². The summed E-state index contributed by atoms with van der Waals surface area (Å²) in [5, 5.41) is -0.414. The molecule has 0 spiro atoms. The average molecular weight is 382 g/mol. The maximum Gasteiger partial charge on any atom is 0.167 e. The fraction of sp³-hybridized carbons (Fsp3) is 0.227. The molecule has 0 amide bonds. The minimum Gasteiger partial charge on any atom is -0.464 e. The van der Waals surface area contributed by atoms with Gasteiger partial charge in [-0.15, -0.1) is 0 Å². The summed E-state index contributed by atoms with van der Waals surface area (Å²) in [6, 6.07) is 18.3. The van der Waals surface area contributed by atoms with Crippen molar-refractivity contribution in [1.29, 1.82) is 0 Å². The third kappa shape index (κ3) is 4.74. The standard InChI is InChI=1S/C22H22O4S/c1-16(2)27(24,25)15-18-7-9-19(10-8-18)21(23)14-17-5-11-20(12-6-17)22-4-3-13-26-22/h3-13,16H,14-15H2,1-2H3. The Morgan fingerprint density at radius 2 is 1.56 bits per heavy atom. The average Bonchev–Trinajstić information content (AvgIpc) is 3.17. The molecule has 140 valence electrons. The molecular formula is C22H22O4S. The lowest BCUT2D eigenvalue weighted by Gasteiger charge is -2.08. The van der Waals surface area contributed by atoms with Crippen LogP contribution in [0.1, 0.15) is 35.3 Å². The zero-order valence-corrected chi connectivity index (χ0v) is 16.2. The monoisotopic (exact) mass is 382 g/mol. The van der Waals surface area contributed by atoms with Crippen molar-refractivity contribution in [2.75, 3.05) is 0 Å². The summed E-state index contributed by atoms with van der Waals surface area (Å²) < 4.78 is 29.4. The van der Waals surface area contributed by atoms with Crippen molar-refractivity contribution in [2.45, 2.75) is 31.3 Å². The Morgan fingerprint density at radius 1 is 0.926 bits per heavy atom. The van der Waals surface area contributed by atoms with E-state index in [0.717, 1.165) is 16.9 Å². The van der Waals surface area contributed by atoms with Crippen LogP contribution in [-0.4, -0.2) is 19.5 Å². The Kier molecular flexibility index (Phi) is 5.61. The summed E-state index contributed by atoms with van der Waals surface area (Å²) in [6.07, 6.45) is 1.92. The summed E-state index contributed by atoms with van der Waals surface area (Å²) in [5.41, 5.74) is 3.16. The van der Waals surface area contributed by atoms with Crippen LogP contribution in [0.3, 0.4) is 0 Å². The first kappa shape index (κ1) is 19.1. The molecule has 27 heavy (non-hydrogen) atoms. The highest BCUT2D eigenvalue weighted by molar-refractivity contribution is 7.91. The number of carbonyl (C=O) groups is 1. The SMILES string of the molecule is CC(C)S(=O)(=O)Cc1ccc(C(=O)Cc2ccc(-c3ccco3)cc2)cc1. The molecule has 0 atom stereocenters. The molecule has 1 aromatic heterocycles. The van der Waals surface area contributed by atoms with Crippen molar-refractivity contribution < 1.29 is 17.6 Å². The maximum absolute atomic E-state index is 12.5. The molecule has 0 aliphatic rings. The highest BCUT2D eigenvalue weighted by atomic mass is 32.2. The molecule has 0 aliphatic carbocycles. The topological polar surface area (TPSA) is 64.3 Å². The van der Waals surface area contributed by atoms with Crippen molar-refractivity contribution in [1.82, 2.24) is 0 Å². The van der Waals surface area contributed by atoms with E-state index in [1.54, 1.807) is 44.4 Å². The fourth-order valence-corrected chi connectivity index (χ4v) is 3.69. The van der Waals surface area contributed by atoms with Gasteiger partial charge in [-0.3, -0.25) is 4.79 Å². The molecule has 4 nitrogen and oxygen atoms in total. The van der Waals surface area contributed by atoms with Gasteiger partial charge in [0.15, 0.2) is 15.6 Å². The first-order chi connectivity index (χ1) is 12.8. The van der Waals surface area contributed by atoms with Crippen LogP contribution >= 0.6 is 0 Å². The molecule has 3 aromatic rings. The van der Waals surface area contributed by atoms with Gasteiger partial charge in [0.2, 0.25) is 0 Å². The van der Waals surface area contributed by atoms with E-state index in [-0.39, 0.29) is 11.5 Å². The molecule has 0 saturated heterocycles. The Bertz CT molecular complexity index is 997. The third-order valence-corrected chi connectivity index (χ3v) is 6.66. The van der Waals surface area contributed by atoms with E-state index < -0.39 is 15.1 Å². The summed E-state index contributed by atoms with van der Waals surface area (Å²) >= 11 is 0. The second kappa shape index (κ2) is 7.92. The maximum atomic E-state index is 12.5. The van der Waals surface area contributed by atoms with Gasteiger partial charge < -0.3 is 4.42 Å². The van der Waals surface area contributed by atoms with Gasteiger partial charge in [-0.05, 0) is 37.1 Å². The molecule has 0 aliphatic heterocycles. The van der Waals surface area contributed by atoms with Gasteiger partial charge in [-0.25, -0.2) is 8.42 Å². The molecule has 2 aromatic carbocycles. The van der Waals surface area contributed by atoms with Crippen molar-refractivity contribution in [3.8, 4) is 11.3 Å². The van der Waals surface area contributed by atoms with Crippen LogP contribution in [0.5, 0.6) is 0 Å². The van der Waals surface area contributed by atoms with Crippen LogP contribution in [0.2, 0.25) is 0 Å². The number of ketones is 1. The third-order valence-electron chi connectivity index (χ3n) is 4.49. The fourth-order valence-electron chi connectivity index (χ4n) is 2.70. The van der Waals surface area contributed by atoms with Gasteiger partial charge in [0.1, 0.15) is 5.76 Å². The van der Waals surface area contributed by atoms with Crippen LogP contribution in [0.25, 0.3) is 11.3 Å². The highest BCUT2D eigenvalue weighted by Crippen LogP contribution is 2.21. The molecule has 0 unspecified atom stereocenters. The predicted octanol–water partition coefficient (Wildman–Crippen LogP) is 4.70. The second-order valence-electron chi connectivity index (χ2n) is 6.83. The zero-order valence-electron chi connectivity index (χ0n) is 15.4. The van der Waals surface area contributed by atoms with E-state index in [1.807, 2.05) is 36.4 Å². The molecular weight excluding hydrogens is 360 g/mol. The molecule has 0 bridgehead atoms. The first-order valence-electron chi connectivity index (χ1n) is 8.82. The van der Waals surface area contributed by atoms with E-state index in [4.69, 9.17) is 4.42 Å². The highest BCUT2D eigenvalue weighted by Gasteiger charge is 2.17. The molecule has 0 N–H and O–H groups in total. The minimum absolute atomic E-state index is 0.000912. The number of hydrogen-bond donors (Lipinski definition) is 0. The Labute approximate surface area is 159 Å². The normalized spacial score (nSPS) is 11.7. The number of carbonyl (C=O) groups excluding carboxylic acids is 1. The van der Waals surface area contributed by atoms with Gasteiger partial charge in [-0.1, -0.05) is 48.5 Å². The van der Waals surface area contributed by atoms with Gasteiger partial charge in [0.05, 0.1) is 17.3 Å². The molecule has 3 rings (SSSR count). The summed E-state index contributed by atoms with van der Waals surface area (Å²) in [4.78, 5) is 12.5. The van der Waals surface area contributed by atoms with Crippen molar-refractivity contribution in [3.63, 3.8) is 0 Å².